The lowest BCUT2D eigenvalue weighted by Gasteiger charge is -2.35. The molecule has 2 fully saturated rings. The molecule has 4 amide bonds. The number of allylic oxidation sites excluding steroid dienone is 1. The van der Waals surface area contributed by atoms with Crippen molar-refractivity contribution in [2.75, 3.05) is 4.90 Å². The fourth-order valence-electron chi connectivity index (χ4n) is 5.95. The van der Waals surface area contributed by atoms with E-state index in [1.807, 2.05) is 19.1 Å². The molecule has 2 aliphatic carbocycles. The minimum absolute atomic E-state index is 0.152. The number of aromatic nitrogens is 1. The van der Waals surface area contributed by atoms with Gasteiger partial charge in [0.25, 0.3) is 5.91 Å². The first kappa shape index (κ1) is 25.5. The Bertz CT molecular complexity index is 1330. The lowest BCUT2D eigenvalue weighted by Crippen LogP contribution is -2.49. The van der Waals surface area contributed by atoms with Crippen molar-refractivity contribution in [2.24, 2.45) is 0 Å². The molecule has 0 aromatic carbocycles. The fraction of sp³-hybridized carbons (Fsp3) is 0.429. The Morgan fingerprint density at radius 3 is 2.69 bits per heavy atom. The number of hydrogen-bond acceptors (Lipinski definition) is 7. The minimum atomic E-state index is -0.354. The van der Waals surface area contributed by atoms with Crippen molar-refractivity contribution < 1.29 is 19.1 Å². The molecule has 1 aromatic rings. The molecule has 2 saturated carbocycles. The number of amides is 4. The van der Waals surface area contributed by atoms with Crippen LogP contribution in [0.4, 0.5) is 10.5 Å². The van der Waals surface area contributed by atoms with Crippen LogP contribution in [0.5, 0.6) is 5.88 Å². The molecule has 4 N–H and O–H groups in total. The quantitative estimate of drug-likeness (QED) is 0.386. The Morgan fingerprint density at radius 1 is 1.18 bits per heavy atom. The second-order valence-corrected chi connectivity index (χ2v) is 11.5. The number of dihydropyridines is 1. The highest BCUT2D eigenvalue weighted by molar-refractivity contribution is 8.05. The summed E-state index contributed by atoms with van der Waals surface area (Å²) in [6.07, 6.45) is 13.7. The first-order valence-corrected chi connectivity index (χ1v) is 14.4. The van der Waals surface area contributed by atoms with Gasteiger partial charge in [0.1, 0.15) is 11.5 Å². The molecule has 3 aliphatic heterocycles. The summed E-state index contributed by atoms with van der Waals surface area (Å²) in [5.74, 6) is 0.0577. The number of rotatable bonds is 7. The maximum Gasteiger partial charge on any atom is 0.331 e. The number of nitrogens with one attached hydrogen (secondary N) is 4. The molecular formula is C28H32N6O4S. The minimum Gasteiger partial charge on any atom is -0.474 e. The highest BCUT2D eigenvalue weighted by Gasteiger charge is 2.44. The van der Waals surface area contributed by atoms with Crippen LogP contribution in [0.2, 0.25) is 0 Å². The number of ether oxygens (including phenoxy) is 1. The van der Waals surface area contributed by atoms with Gasteiger partial charge in [-0.1, -0.05) is 18.3 Å². The summed E-state index contributed by atoms with van der Waals surface area (Å²) < 4.78 is 6.06. The Labute approximate surface area is 231 Å². The summed E-state index contributed by atoms with van der Waals surface area (Å²) in [5, 5.41) is 12.1. The summed E-state index contributed by atoms with van der Waals surface area (Å²) >= 11 is 1.37. The van der Waals surface area contributed by atoms with Gasteiger partial charge >= 0.3 is 6.03 Å². The van der Waals surface area contributed by atoms with E-state index >= 15 is 0 Å². The molecule has 3 atom stereocenters. The second-order valence-electron chi connectivity index (χ2n) is 10.4. The number of aryl methyl sites for hydroxylation is 1. The molecule has 0 radical (unpaired) electrons. The molecule has 0 saturated heterocycles. The van der Waals surface area contributed by atoms with Crippen molar-refractivity contribution >= 4 is 35.3 Å². The van der Waals surface area contributed by atoms with Gasteiger partial charge in [0.05, 0.1) is 28.2 Å². The zero-order valence-corrected chi connectivity index (χ0v) is 22.6. The highest BCUT2D eigenvalue weighted by atomic mass is 32.2. The topological polar surface area (TPSA) is 125 Å². The van der Waals surface area contributed by atoms with Crippen LogP contribution in [0.25, 0.3) is 0 Å². The largest absolute Gasteiger partial charge is 0.474 e. The van der Waals surface area contributed by atoms with Crippen molar-refractivity contribution in [3.05, 3.63) is 64.6 Å². The number of pyridine rings is 1. The second kappa shape index (κ2) is 10.4. The van der Waals surface area contributed by atoms with E-state index in [9.17, 15) is 14.4 Å². The first-order valence-electron chi connectivity index (χ1n) is 13.5. The highest BCUT2D eigenvalue weighted by Crippen LogP contribution is 2.46. The first-order chi connectivity index (χ1) is 18.9. The van der Waals surface area contributed by atoms with Crippen LogP contribution in [-0.2, 0) is 9.59 Å². The number of hydrogen-bond donors (Lipinski definition) is 4. The van der Waals surface area contributed by atoms with Crippen LogP contribution in [0, 0.1) is 6.92 Å². The molecule has 0 spiro atoms. The summed E-state index contributed by atoms with van der Waals surface area (Å²) in [6.45, 7) is 5.45. The molecule has 5 aliphatic rings. The maximum atomic E-state index is 13.5. The van der Waals surface area contributed by atoms with Crippen molar-refractivity contribution in [2.45, 2.75) is 75.4 Å². The molecule has 10 nitrogen and oxygen atoms in total. The summed E-state index contributed by atoms with van der Waals surface area (Å²) in [7, 11) is 0. The number of carbonyl (C=O) groups is 3. The number of thioether (sulfide) groups is 1. The molecule has 1 aromatic heterocycles. The average Bonchev–Trinajstić information content (AvgIpc) is 3.67. The lowest BCUT2D eigenvalue weighted by molar-refractivity contribution is -0.119. The SMILES string of the molecule is C=CC(=O)N[C@H]1CCC[C@H]1NC(=O)C1=C2NC(=O)N(c3cnc(OC4CCCC4)cc3C)C3=C2C(NC=C3)S1. The average molecular weight is 549 g/mol. The molecule has 6 rings (SSSR count). The molecule has 4 heterocycles. The van der Waals surface area contributed by atoms with Crippen LogP contribution in [0.1, 0.15) is 50.5 Å². The van der Waals surface area contributed by atoms with Gasteiger partial charge in [-0.2, -0.15) is 0 Å². The zero-order chi connectivity index (χ0) is 27.1. The van der Waals surface area contributed by atoms with E-state index in [0.29, 0.717) is 27.9 Å². The van der Waals surface area contributed by atoms with Gasteiger partial charge in [-0.25, -0.2) is 9.78 Å². The van der Waals surface area contributed by atoms with E-state index in [1.54, 1.807) is 17.3 Å². The third kappa shape index (κ3) is 4.80. The van der Waals surface area contributed by atoms with Gasteiger partial charge in [-0.05, 0) is 75.8 Å². The normalized spacial score (nSPS) is 25.8. The third-order valence-corrected chi connectivity index (χ3v) is 9.11. The van der Waals surface area contributed by atoms with E-state index in [4.69, 9.17) is 4.74 Å². The summed E-state index contributed by atoms with van der Waals surface area (Å²) in [6, 6.07) is 1.19. The molecule has 204 valence electrons. The fourth-order valence-corrected chi connectivity index (χ4v) is 7.13. The van der Waals surface area contributed by atoms with Crippen LogP contribution in [-0.4, -0.2) is 46.4 Å². The van der Waals surface area contributed by atoms with Crippen LogP contribution < -0.4 is 30.9 Å². The Morgan fingerprint density at radius 2 is 1.95 bits per heavy atom. The van der Waals surface area contributed by atoms with Gasteiger partial charge < -0.3 is 26.0 Å². The zero-order valence-electron chi connectivity index (χ0n) is 21.8. The molecular weight excluding hydrogens is 516 g/mol. The van der Waals surface area contributed by atoms with Crippen molar-refractivity contribution in [1.29, 1.82) is 0 Å². The van der Waals surface area contributed by atoms with Crippen molar-refractivity contribution in [1.82, 2.24) is 26.3 Å². The number of anilines is 1. The van der Waals surface area contributed by atoms with E-state index < -0.39 is 0 Å². The Hall–Kier alpha value is -3.73. The van der Waals surface area contributed by atoms with Gasteiger partial charge in [-0.15, -0.1) is 0 Å². The molecule has 11 heteroatoms. The number of urea groups is 1. The maximum absolute atomic E-state index is 13.5. The van der Waals surface area contributed by atoms with Crippen LogP contribution in [0.3, 0.4) is 0 Å². The van der Waals surface area contributed by atoms with Crippen LogP contribution in [0.15, 0.2) is 59.1 Å². The predicted molar refractivity (Wildman–Crippen MR) is 148 cm³/mol. The van der Waals surface area contributed by atoms with E-state index in [1.165, 1.54) is 30.7 Å². The standard InChI is InChI=1S/C28H32N6O4S/c1-3-21(35)31-17-9-6-10-18(17)32-26(36)25-24-23-19(11-12-29-27(23)39-25)34(28(37)33-24)20-14-30-22(13-15(20)2)38-16-7-4-5-8-16/h3,11-14,16-18,27,29H,1,4-10H2,2H3,(H,31,35)(H,32,36)(H,33,37)/t17-,18+,27?/m0/s1. The van der Waals surface area contributed by atoms with Gasteiger partial charge in [0.2, 0.25) is 11.8 Å². The van der Waals surface area contributed by atoms with Gasteiger partial charge in [-0.3, -0.25) is 14.5 Å². The monoisotopic (exact) mass is 548 g/mol. The van der Waals surface area contributed by atoms with Crippen molar-refractivity contribution in [3.63, 3.8) is 0 Å². The Balaban J connectivity index is 1.26. The third-order valence-electron chi connectivity index (χ3n) is 7.88. The lowest BCUT2D eigenvalue weighted by atomic mass is 10.0. The summed E-state index contributed by atoms with van der Waals surface area (Å²) in [5.41, 5.74) is 3.61. The molecule has 39 heavy (non-hydrogen) atoms. The van der Waals surface area contributed by atoms with Gasteiger partial charge in [0, 0.05) is 23.7 Å². The Kier molecular flexibility index (Phi) is 6.84. The van der Waals surface area contributed by atoms with Gasteiger partial charge in [0.15, 0.2) is 0 Å². The smallest absolute Gasteiger partial charge is 0.331 e. The van der Waals surface area contributed by atoms with E-state index in [2.05, 4.69) is 32.8 Å². The molecule has 0 bridgehead atoms. The van der Waals surface area contributed by atoms with E-state index in [0.717, 1.165) is 43.2 Å². The van der Waals surface area contributed by atoms with Crippen LogP contribution >= 0.6 is 11.8 Å². The predicted octanol–water partition coefficient (Wildman–Crippen LogP) is 3.24. The number of carbonyl (C=O) groups excluding carboxylic acids is 3. The van der Waals surface area contributed by atoms with Crippen molar-refractivity contribution in [3.8, 4) is 5.88 Å². The summed E-state index contributed by atoms with van der Waals surface area (Å²) in [4.78, 5) is 45.4. The number of nitrogens with zero attached hydrogens (tertiary/aromatic N) is 2. The van der Waals surface area contributed by atoms with E-state index in [-0.39, 0.29) is 41.4 Å². The molecule has 1 unspecified atom stereocenters.